The minimum atomic E-state index is -0.934. The monoisotopic (exact) mass is 310 g/mol. The van der Waals surface area contributed by atoms with Gasteiger partial charge in [0, 0.05) is 31.4 Å². The topological polar surface area (TPSA) is 83.5 Å². The first-order valence-electron chi connectivity index (χ1n) is 7.96. The fraction of sp³-hybridized carbons (Fsp3) is 0.333. The molecule has 0 fully saturated rings. The molecule has 4 N–H and O–H groups in total. The van der Waals surface area contributed by atoms with Crippen LogP contribution in [0, 0.1) is 0 Å². The van der Waals surface area contributed by atoms with Crippen molar-refractivity contribution >= 4 is 12.0 Å². The van der Waals surface area contributed by atoms with E-state index in [1.54, 1.807) is 6.20 Å². The molecule has 2 heterocycles. The van der Waals surface area contributed by atoms with E-state index in [4.69, 9.17) is 5.73 Å². The number of aliphatic hydroxyl groups is 1. The van der Waals surface area contributed by atoms with Gasteiger partial charge in [-0.3, -0.25) is 4.99 Å². The second-order valence-electron chi connectivity index (χ2n) is 5.81. The number of nitrogens with two attached hydrogens (primary N) is 1. The average molecular weight is 310 g/mol. The molecule has 2 atom stereocenters. The van der Waals surface area contributed by atoms with Crippen LogP contribution >= 0.6 is 0 Å². The highest BCUT2D eigenvalue weighted by Gasteiger charge is 2.18. The van der Waals surface area contributed by atoms with Crippen LogP contribution in [0.2, 0.25) is 0 Å². The standard InChI is InChI=1S/C18H22N4O/c19-18(23)13-6-7-16-14(11-20-12-15(16)10-13)4-3-9-22-17-5-1-2-8-21-17/h1-2,5-8,10,12,14,18,23H,3-4,9,11,19H2,(H,21,22). The highest BCUT2D eigenvalue weighted by Crippen LogP contribution is 2.29. The van der Waals surface area contributed by atoms with Crippen molar-refractivity contribution in [1.82, 2.24) is 4.98 Å². The van der Waals surface area contributed by atoms with E-state index in [2.05, 4.69) is 21.4 Å². The maximum absolute atomic E-state index is 9.49. The van der Waals surface area contributed by atoms with E-state index in [1.807, 2.05) is 36.5 Å². The van der Waals surface area contributed by atoms with E-state index in [0.717, 1.165) is 42.9 Å². The molecule has 120 valence electrons. The van der Waals surface area contributed by atoms with Crippen LogP contribution in [0.3, 0.4) is 0 Å². The summed E-state index contributed by atoms with van der Waals surface area (Å²) in [7, 11) is 0. The third-order valence-corrected chi connectivity index (χ3v) is 4.15. The summed E-state index contributed by atoms with van der Waals surface area (Å²) in [4.78, 5) is 8.71. The fourth-order valence-corrected chi connectivity index (χ4v) is 2.92. The van der Waals surface area contributed by atoms with E-state index >= 15 is 0 Å². The predicted octanol–water partition coefficient (Wildman–Crippen LogP) is 2.44. The van der Waals surface area contributed by atoms with Gasteiger partial charge in [-0.15, -0.1) is 0 Å². The van der Waals surface area contributed by atoms with Crippen LogP contribution in [0.25, 0.3) is 0 Å². The van der Waals surface area contributed by atoms with Crippen LogP contribution in [0.1, 0.15) is 41.7 Å². The van der Waals surface area contributed by atoms with E-state index in [-0.39, 0.29) is 0 Å². The number of pyridine rings is 1. The Morgan fingerprint density at radius 2 is 2.22 bits per heavy atom. The van der Waals surface area contributed by atoms with Crippen LogP contribution in [-0.4, -0.2) is 29.4 Å². The Kier molecular flexibility index (Phi) is 5.00. The van der Waals surface area contributed by atoms with Gasteiger partial charge < -0.3 is 16.2 Å². The minimum absolute atomic E-state index is 0.421. The summed E-state index contributed by atoms with van der Waals surface area (Å²) in [5.41, 5.74) is 8.63. The number of anilines is 1. The van der Waals surface area contributed by atoms with Gasteiger partial charge in [0.05, 0.1) is 0 Å². The molecule has 0 aliphatic carbocycles. The molecule has 1 aromatic carbocycles. The normalized spacial score (nSPS) is 17.6. The molecule has 2 aromatic rings. The van der Waals surface area contributed by atoms with Crippen molar-refractivity contribution in [1.29, 1.82) is 0 Å². The Balaban J connectivity index is 1.57. The van der Waals surface area contributed by atoms with Crippen molar-refractivity contribution in [3.63, 3.8) is 0 Å². The van der Waals surface area contributed by atoms with Crippen molar-refractivity contribution in [2.24, 2.45) is 10.7 Å². The van der Waals surface area contributed by atoms with E-state index in [9.17, 15) is 5.11 Å². The van der Waals surface area contributed by atoms with E-state index in [0.29, 0.717) is 5.92 Å². The Morgan fingerprint density at radius 3 is 3.00 bits per heavy atom. The molecule has 0 bridgehead atoms. The van der Waals surface area contributed by atoms with Crippen molar-refractivity contribution in [2.45, 2.75) is 25.0 Å². The lowest BCUT2D eigenvalue weighted by atomic mass is 9.88. The second kappa shape index (κ2) is 7.35. The maximum atomic E-state index is 9.49. The van der Waals surface area contributed by atoms with Crippen molar-refractivity contribution < 1.29 is 5.11 Å². The Labute approximate surface area is 136 Å². The van der Waals surface area contributed by atoms with Gasteiger partial charge in [-0.2, -0.15) is 0 Å². The SMILES string of the molecule is NC(O)c1ccc2c(c1)C=NCC2CCCNc1ccccn1. The molecule has 3 rings (SSSR count). The molecule has 0 spiro atoms. The third-order valence-electron chi connectivity index (χ3n) is 4.15. The highest BCUT2D eigenvalue weighted by atomic mass is 16.3. The summed E-state index contributed by atoms with van der Waals surface area (Å²) in [6, 6.07) is 11.8. The number of nitrogens with one attached hydrogen (secondary N) is 1. The molecular weight excluding hydrogens is 288 g/mol. The lowest BCUT2D eigenvalue weighted by Gasteiger charge is -2.22. The zero-order valence-corrected chi connectivity index (χ0v) is 13.0. The second-order valence-corrected chi connectivity index (χ2v) is 5.81. The number of aromatic nitrogens is 1. The van der Waals surface area contributed by atoms with Gasteiger partial charge in [0.15, 0.2) is 0 Å². The fourth-order valence-electron chi connectivity index (χ4n) is 2.92. The molecule has 1 aliphatic rings. The van der Waals surface area contributed by atoms with Crippen LogP contribution in [0.5, 0.6) is 0 Å². The molecule has 23 heavy (non-hydrogen) atoms. The smallest absolute Gasteiger partial charge is 0.128 e. The van der Waals surface area contributed by atoms with Gasteiger partial charge in [-0.05, 0) is 47.7 Å². The molecule has 0 radical (unpaired) electrons. The summed E-state index contributed by atoms with van der Waals surface area (Å²) >= 11 is 0. The van der Waals surface area contributed by atoms with Gasteiger partial charge >= 0.3 is 0 Å². The molecule has 5 heteroatoms. The van der Waals surface area contributed by atoms with Crippen molar-refractivity contribution in [3.8, 4) is 0 Å². The quantitative estimate of drug-likeness (QED) is 0.565. The Morgan fingerprint density at radius 1 is 1.30 bits per heavy atom. The van der Waals surface area contributed by atoms with Crippen LogP contribution in [-0.2, 0) is 0 Å². The first-order chi connectivity index (χ1) is 11.2. The summed E-state index contributed by atoms with van der Waals surface area (Å²) in [5.74, 6) is 1.33. The molecular formula is C18H22N4O. The van der Waals surface area contributed by atoms with Gasteiger partial charge in [0.25, 0.3) is 0 Å². The molecule has 5 nitrogen and oxygen atoms in total. The number of aliphatic imine (C=N–C) groups is 1. The first kappa shape index (κ1) is 15.6. The maximum Gasteiger partial charge on any atom is 0.128 e. The highest BCUT2D eigenvalue weighted by molar-refractivity contribution is 5.83. The summed E-state index contributed by atoms with van der Waals surface area (Å²) < 4.78 is 0. The van der Waals surface area contributed by atoms with E-state index < -0.39 is 6.23 Å². The molecule has 1 aromatic heterocycles. The largest absolute Gasteiger partial charge is 0.375 e. The number of hydrogen-bond acceptors (Lipinski definition) is 5. The van der Waals surface area contributed by atoms with Crippen molar-refractivity contribution in [3.05, 3.63) is 59.3 Å². The predicted molar refractivity (Wildman–Crippen MR) is 92.8 cm³/mol. The lowest BCUT2D eigenvalue weighted by Crippen LogP contribution is -2.15. The van der Waals surface area contributed by atoms with Gasteiger partial charge in [-0.25, -0.2) is 4.98 Å². The zero-order valence-electron chi connectivity index (χ0n) is 13.0. The Bertz CT molecular complexity index is 670. The number of benzene rings is 1. The summed E-state index contributed by atoms with van der Waals surface area (Å²) in [6.07, 6.45) is 4.85. The molecule has 1 aliphatic heterocycles. The molecule has 0 saturated heterocycles. The average Bonchev–Trinajstić information content (AvgIpc) is 2.59. The Hall–Kier alpha value is -2.24. The van der Waals surface area contributed by atoms with Gasteiger partial charge in [-0.1, -0.05) is 18.2 Å². The number of aliphatic hydroxyl groups excluding tert-OH is 1. The third kappa shape index (κ3) is 3.94. The number of hydrogen-bond donors (Lipinski definition) is 3. The summed E-state index contributed by atoms with van der Waals surface area (Å²) in [6.45, 7) is 1.72. The van der Waals surface area contributed by atoms with Crippen LogP contribution in [0.15, 0.2) is 47.6 Å². The first-order valence-corrected chi connectivity index (χ1v) is 7.96. The minimum Gasteiger partial charge on any atom is -0.375 e. The number of nitrogens with zero attached hydrogens (tertiary/aromatic N) is 2. The lowest BCUT2D eigenvalue weighted by molar-refractivity contribution is 0.186. The summed E-state index contributed by atoms with van der Waals surface area (Å²) in [5, 5.41) is 12.8. The zero-order chi connectivity index (χ0) is 16.1. The number of fused-ring (bicyclic) bond motifs is 1. The van der Waals surface area contributed by atoms with Gasteiger partial charge in [0.1, 0.15) is 12.0 Å². The van der Waals surface area contributed by atoms with Crippen molar-refractivity contribution in [2.75, 3.05) is 18.4 Å². The van der Waals surface area contributed by atoms with Gasteiger partial charge in [0.2, 0.25) is 0 Å². The van der Waals surface area contributed by atoms with Crippen LogP contribution in [0.4, 0.5) is 5.82 Å². The van der Waals surface area contributed by atoms with E-state index in [1.165, 1.54) is 5.56 Å². The molecule has 2 unspecified atom stereocenters. The molecule has 0 amide bonds. The number of rotatable bonds is 6. The molecule has 0 saturated carbocycles. The van der Waals surface area contributed by atoms with Crippen LogP contribution < -0.4 is 11.1 Å².